The average Bonchev–Trinajstić information content (AvgIpc) is 3.23. The number of hydrogen-bond acceptors (Lipinski definition) is 4. The van der Waals surface area contributed by atoms with Gasteiger partial charge in [-0.05, 0) is 93.7 Å². The van der Waals surface area contributed by atoms with Crippen LogP contribution in [0.15, 0.2) is 35.5 Å². The predicted molar refractivity (Wildman–Crippen MR) is 187 cm³/mol. The van der Waals surface area contributed by atoms with Gasteiger partial charge in [0.05, 0.1) is 0 Å². The van der Waals surface area contributed by atoms with E-state index in [9.17, 15) is 0 Å². The zero-order chi connectivity index (χ0) is 30.9. The number of allylic oxidation sites excluding steroid dienone is 3. The maximum atomic E-state index is 5.34. The number of hydrogen-bond donors (Lipinski definition) is 1. The van der Waals surface area contributed by atoms with Crippen molar-refractivity contribution in [3.8, 4) is 12.3 Å². The average molecular weight is 576 g/mol. The second kappa shape index (κ2) is 25.4. The van der Waals surface area contributed by atoms with Crippen molar-refractivity contribution in [1.29, 1.82) is 0 Å². The maximum Gasteiger partial charge on any atom is 0.0320 e. The van der Waals surface area contributed by atoms with Crippen LogP contribution in [0, 0.1) is 29.1 Å². The van der Waals surface area contributed by atoms with Gasteiger partial charge in [0.1, 0.15) is 0 Å². The van der Waals surface area contributed by atoms with E-state index in [4.69, 9.17) is 5.73 Å². The smallest absolute Gasteiger partial charge is 0.0320 e. The van der Waals surface area contributed by atoms with Crippen molar-refractivity contribution in [3.63, 3.8) is 0 Å². The molecule has 1 heterocycles. The van der Waals surface area contributed by atoms with E-state index < -0.39 is 0 Å². The quantitative estimate of drug-likeness (QED) is 0.122. The summed E-state index contributed by atoms with van der Waals surface area (Å²) >= 11 is 1.76. The summed E-state index contributed by atoms with van der Waals surface area (Å²) in [4.78, 5) is 5.20. The SMILES string of the molecule is C#CC.C/C=C(\C=C/CCS/C=C\N)N1CCCN(CCC(C)CC)CC1.CC.CC1(C)CCCCC(C)(C)C1. The minimum Gasteiger partial charge on any atom is -0.404 e. The molecule has 0 aromatic rings. The van der Waals surface area contributed by atoms with Gasteiger partial charge < -0.3 is 15.5 Å². The number of rotatable bonds is 10. The zero-order valence-electron chi connectivity index (χ0n) is 28.5. The van der Waals surface area contributed by atoms with Crippen molar-refractivity contribution in [3.05, 3.63) is 35.5 Å². The summed E-state index contributed by atoms with van der Waals surface area (Å²) in [6.45, 7) is 28.2. The molecule has 2 rings (SSSR count). The summed E-state index contributed by atoms with van der Waals surface area (Å²) in [5.41, 5.74) is 7.91. The highest BCUT2D eigenvalue weighted by Crippen LogP contribution is 2.43. The standard InChI is InChI=1S/C20H37N3S.C11H22.C3H4.C2H6/c1-4-19(3)10-14-22-12-8-13-23(16-15-22)20(5-2)9-6-7-17-24-18-11-21;1-10(2)7-5-6-8-11(3,4)9-10;1-3-2;1-2/h5-6,9,11,18-19H,4,7-8,10,12-17,21H2,1-3H3;5-9H2,1-4H3;1H,2H3;1-2H3/b9-6-,18-11-,20-5+;;;. The molecule has 0 amide bonds. The van der Waals surface area contributed by atoms with Crippen molar-refractivity contribution < 1.29 is 0 Å². The highest BCUT2D eigenvalue weighted by atomic mass is 32.2. The highest BCUT2D eigenvalue weighted by Gasteiger charge is 2.30. The van der Waals surface area contributed by atoms with Gasteiger partial charge >= 0.3 is 0 Å². The topological polar surface area (TPSA) is 32.5 Å². The van der Waals surface area contributed by atoms with Crippen LogP contribution >= 0.6 is 11.8 Å². The van der Waals surface area contributed by atoms with Crippen LogP contribution in [0.3, 0.4) is 0 Å². The Kier molecular flexibility index (Phi) is 25.9. The van der Waals surface area contributed by atoms with Crippen molar-refractivity contribution in [2.75, 3.05) is 38.5 Å². The molecule has 1 unspecified atom stereocenters. The van der Waals surface area contributed by atoms with E-state index in [2.05, 4.69) is 88.8 Å². The van der Waals surface area contributed by atoms with Gasteiger partial charge in [0.25, 0.3) is 0 Å². The third-order valence-electron chi connectivity index (χ3n) is 7.66. The largest absolute Gasteiger partial charge is 0.404 e. The Labute approximate surface area is 256 Å². The predicted octanol–water partition coefficient (Wildman–Crippen LogP) is 10.1. The Morgan fingerprint density at radius 1 is 1.02 bits per heavy atom. The molecule has 0 radical (unpaired) electrons. The fraction of sp³-hybridized carbons (Fsp3) is 0.778. The molecule has 0 bridgehead atoms. The van der Waals surface area contributed by atoms with Crippen LogP contribution in [0.4, 0.5) is 0 Å². The first-order chi connectivity index (χ1) is 19.0. The Morgan fingerprint density at radius 3 is 2.15 bits per heavy atom. The summed E-state index contributed by atoms with van der Waals surface area (Å²) in [7, 11) is 0. The van der Waals surface area contributed by atoms with Gasteiger partial charge in [-0.15, -0.1) is 24.1 Å². The second-order valence-electron chi connectivity index (χ2n) is 12.6. The van der Waals surface area contributed by atoms with Crippen LogP contribution in [0.2, 0.25) is 0 Å². The van der Waals surface area contributed by atoms with E-state index in [-0.39, 0.29) is 0 Å². The van der Waals surface area contributed by atoms with Crippen molar-refractivity contribution in [2.24, 2.45) is 22.5 Å². The molecule has 234 valence electrons. The molecule has 1 saturated carbocycles. The van der Waals surface area contributed by atoms with Crippen LogP contribution < -0.4 is 5.73 Å². The number of nitrogens with two attached hydrogens (primary N) is 1. The van der Waals surface area contributed by atoms with E-state index in [1.165, 1.54) is 83.2 Å². The second-order valence-corrected chi connectivity index (χ2v) is 13.6. The van der Waals surface area contributed by atoms with Crippen LogP contribution in [-0.2, 0) is 0 Å². The lowest BCUT2D eigenvalue weighted by Crippen LogP contribution is -2.31. The molecule has 3 nitrogen and oxygen atoms in total. The highest BCUT2D eigenvalue weighted by molar-refractivity contribution is 8.02. The van der Waals surface area contributed by atoms with Crippen LogP contribution in [-0.4, -0.2) is 48.3 Å². The summed E-state index contributed by atoms with van der Waals surface area (Å²) < 4.78 is 0. The van der Waals surface area contributed by atoms with Crippen LogP contribution in [0.5, 0.6) is 0 Å². The molecule has 40 heavy (non-hydrogen) atoms. The molecule has 1 atom stereocenters. The van der Waals surface area contributed by atoms with Gasteiger partial charge in [-0.1, -0.05) is 86.8 Å². The van der Waals surface area contributed by atoms with Gasteiger partial charge in [-0.3, -0.25) is 0 Å². The molecule has 1 saturated heterocycles. The molecule has 0 aromatic heterocycles. The zero-order valence-corrected chi connectivity index (χ0v) is 29.3. The van der Waals surface area contributed by atoms with Crippen molar-refractivity contribution >= 4 is 11.8 Å². The Hall–Kier alpha value is -1.31. The van der Waals surface area contributed by atoms with E-state index in [0.717, 1.165) is 24.6 Å². The lowest BCUT2D eigenvalue weighted by atomic mass is 9.74. The fourth-order valence-corrected chi connectivity index (χ4v) is 6.11. The van der Waals surface area contributed by atoms with E-state index in [0.29, 0.717) is 10.8 Å². The Balaban J connectivity index is 0. The molecular formula is C36H69N3S. The minimum absolute atomic E-state index is 0.597. The third-order valence-corrected chi connectivity index (χ3v) is 8.49. The monoisotopic (exact) mass is 576 g/mol. The summed E-state index contributed by atoms with van der Waals surface area (Å²) in [6.07, 6.45) is 25.2. The molecule has 4 heteroatoms. The third kappa shape index (κ3) is 22.4. The first-order valence-corrected chi connectivity index (χ1v) is 17.2. The lowest BCUT2D eigenvalue weighted by molar-refractivity contribution is 0.200. The summed E-state index contributed by atoms with van der Waals surface area (Å²) in [6, 6.07) is 0. The molecule has 1 aliphatic carbocycles. The first kappa shape index (κ1) is 40.8. The van der Waals surface area contributed by atoms with Gasteiger partial charge in [0.15, 0.2) is 0 Å². The maximum absolute atomic E-state index is 5.34. The van der Waals surface area contributed by atoms with Crippen LogP contribution in [0.25, 0.3) is 0 Å². The molecule has 1 aliphatic heterocycles. The first-order valence-electron chi connectivity index (χ1n) is 16.2. The minimum atomic E-state index is 0.597. The van der Waals surface area contributed by atoms with E-state index in [1.807, 2.05) is 19.3 Å². The van der Waals surface area contributed by atoms with Crippen LogP contribution in [0.1, 0.15) is 127 Å². The molecular weight excluding hydrogens is 506 g/mol. The van der Waals surface area contributed by atoms with Crippen molar-refractivity contribution in [1.82, 2.24) is 9.80 Å². The Morgan fingerprint density at radius 2 is 1.62 bits per heavy atom. The van der Waals surface area contributed by atoms with Gasteiger partial charge in [-0.25, -0.2) is 0 Å². The van der Waals surface area contributed by atoms with E-state index >= 15 is 0 Å². The normalized spacial score (nSPS) is 20.0. The summed E-state index contributed by atoms with van der Waals surface area (Å²) in [5, 5.41) is 1.95. The lowest BCUT2D eigenvalue weighted by Gasteiger charge is -2.31. The summed E-state index contributed by atoms with van der Waals surface area (Å²) in [5.74, 6) is 4.19. The fourth-order valence-electron chi connectivity index (χ4n) is 5.59. The van der Waals surface area contributed by atoms with Gasteiger partial charge in [-0.2, -0.15) is 0 Å². The van der Waals surface area contributed by atoms with Crippen molar-refractivity contribution in [2.45, 2.75) is 127 Å². The number of nitrogens with zero attached hydrogens (tertiary/aromatic N) is 2. The molecule has 2 N–H and O–H groups in total. The number of thioether (sulfide) groups is 1. The van der Waals surface area contributed by atoms with E-state index in [1.54, 1.807) is 24.9 Å². The number of terminal acetylenes is 1. The molecule has 2 aliphatic rings. The molecule has 2 fully saturated rings. The van der Waals surface area contributed by atoms with Gasteiger partial charge in [0, 0.05) is 37.3 Å². The Bertz CT molecular complexity index is 698. The molecule has 0 aromatic carbocycles. The van der Waals surface area contributed by atoms with Gasteiger partial charge in [0.2, 0.25) is 0 Å². The molecule has 0 spiro atoms.